The van der Waals surface area contributed by atoms with Crippen molar-refractivity contribution in [1.82, 2.24) is 10.3 Å². The maximum absolute atomic E-state index is 12.7. The van der Waals surface area contributed by atoms with Gasteiger partial charge in [0.25, 0.3) is 0 Å². The number of hydrogen-bond acceptors (Lipinski definition) is 6. The molecule has 2 aromatic carbocycles. The van der Waals surface area contributed by atoms with Crippen molar-refractivity contribution in [3.63, 3.8) is 0 Å². The van der Waals surface area contributed by atoms with E-state index in [1.165, 1.54) is 11.3 Å². The standard InChI is InChI=1S/C21H23N3O4S2/c1-2-16-13-29-21(22-16)19(11-14-6-8-17(9-7-14)24-30(27)28)23-20(26)12-15-4-3-5-18(25)10-15/h3-10,13,19,25,30H,2,11-12H2,1H3,(H,23,26)(H,24,27,28)/t19-/m0/s1. The summed E-state index contributed by atoms with van der Waals surface area (Å²) in [6.45, 7) is 2.03. The molecule has 0 aliphatic carbocycles. The Hall–Kier alpha value is -2.91. The predicted octanol–water partition coefficient (Wildman–Crippen LogP) is 2.99. The summed E-state index contributed by atoms with van der Waals surface area (Å²) in [6.07, 6.45) is 1.48. The van der Waals surface area contributed by atoms with E-state index >= 15 is 0 Å². The third kappa shape index (κ3) is 6.30. The van der Waals surface area contributed by atoms with E-state index in [0.717, 1.165) is 28.2 Å². The molecule has 0 bridgehead atoms. The van der Waals surface area contributed by atoms with Gasteiger partial charge < -0.3 is 10.4 Å². The van der Waals surface area contributed by atoms with Crippen LogP contribution in [0.3, 0.4) is 0 Å². The molecule has 3 rings (SSSR count). The Morgan fingerprint density at radius 3 is 2.57 bits per heavy atom. The summed E-state index contributed by atoms with van der Waals surface area (Å²) in [5, 5.41) is 15.5. The molecule has 0 saturated carbocycles. The zero-order valence-electron chi connectivity index (χ0n) is 16.4. The lowest BCUT2D eigenvalue weighted by Crippen LogP contribution is -2.31. The van der Waals surface area contributed by atoms with Gasteiger partial charge in [0.2, 0.25) is 16.8 Å². The van der Waals surface area contributed by atoms with E-state index in [-0.39, 0.29) is 24.1 Å². The molecule has 1 atom stereocenters. The molecular formula is C21H23N3O4S2. The number of thiazole rings is 1. The molecule has 0 fully saturated rings. The van der Waals surface area contributed by atoms with E-state index in [1.54, 1.807) is 36.4 Å². The first-order chi connectivity index (χ1) is 14.4. The number of rotatable bonds is 9. The molecule has 0 aliphatic heterocycles. The fraction of sp³-hybridized carbons (Fsp3) is 0.238. The highest BCUT2D eigenvalue weighted by Gasteiger charge is 2.19. The number of carbonyl (C=O) groups is 1. The van der Waals surface area contributed by atoms with E-state index in [9.17, 15) is 18.3 Å². The highest BCUT2D eigenvalue weighted by atomic mass is 32.2. The normalized spacial score (nSPS) is 11.9. The molecular weight excluding hydrogens is 422 g/mol. The molecule has 3 aromatic rings. The summed E-state index contributed by atoms with van der Waals surface area (Å²) in [5.74, 6) is -0.0432. The van der Waals surface area contributed by atoms with Crippen molar-refractivity contribution in [2.45, 2.75) is 32.2 Å². The van der Waals surface area contributed by atoms with Crippen molar-refractivity contribution in [2.24, 2.45) is 0 Å². The van der Waals surface area contributed by atoms with Crippen LogP contribution in [0.2, 0.25) is 0 Å². The third-order valence-electron chi connectivity index (χ3n) is 4.45. The van der Waals surface area contributed by atoms with Crippen molar-refractivity contribution in [1.29, 1.82) is 0 Å². The first-order valence-corrected chi connectivity index (χ1v) is 11.5. The number of benzene rings is 2. The number of hydrogen-bond donors (Lipinski definition) is 4. The lowest BCUT2D eigenvalue weighted by molar-refractivity contribution is -0.121. The summed E-state index contributed by atoms with van der Waals surface area (Å²) in [4.78, 5) is 17.3. The van der Waals surface area contributed by atoms with E-state index in [1.807, 2.05) is 24.4 Å². The Morgan fingerprint density at radius 1 is 1.17 bits per heavy atom. The predicted molar refractivity (Wildman–Crippen MR) is 118 cm³/mol. The second-order valence-electron chi connectivity index (χ2n) is 6.77. The summed E-state index contributed by atoms with van der Waals surface area (Å²) in [6, 6.07) is 13.3. The monoisotopic (exact) mass is 445 g/mol. The summed E-state index contributed by atoms with van der Waals surface area (Å²) in [7, 11) is -2.71. The number of thiol groups is 1. The molecule has 30 heavy (non-hydrogen) atoms. The average Bonchev–Trinajstić information content (AvgIpc) is 3.18. The van der Waals surface area contributed by atoms with Crippen LogP contribution in [0.25, 0.3) is 0 Å². The summed E-state index contributed by atoms with van der Waals surface area (Å²) < 4.78 is 23.9. The number of nitrogens with zero attached hydrogens (tertiary/aromatic N) is 1. The van der Waals surface area contributed by atoms with E-state index in [2.05, 4.69) is 15.0 Å². The van der Waals surface area contributed by atoms with Crippen molar-refractivity contribution in [2.75, 3.05) is 4.72 Å². The van der Waals surface area contributed by atoms with Crippen LogP contribution in [0.5, 0.6) is 5.75 Å². The van der Waals surface area contributed by atoms with Gasteiger partial charge in [0.05, 0.1) is 18.2 Å². The minimum absolute atomic E-state index is 0.123. The van der Waals surface area contributed by atoms with Crippen LogP contribution in [-0.4, -0.2) is 24.4 Å². The minimum Gasteiger partial charge on any atom is -0.508 e. The van der Waals surface area contributed by atoms with Gasteiger partial charge in [-0.15, -0.1) is 11.3 Å². The number of anilines is 1. The molecule has 9 heteroatoms. The fourth-order valence-corrected chi connectivity index (χ4v) is 4.31. The second kappa shape index (κ2) is 10.2. The molecule has 1 heterocycles. The molecule has 7 nitrogen and oxygen atoms in total. The van der Waals surface area contributed by atoms with E-state index in [0.29, 0.717) is 12.1 Å². The first kappa shape index (κ1) is 21.8. The maximum Gasteiger partial charge on any atom is 0.224 e. The van der Waals surface area contributed by atoms with Gasteiger partial charge in [0.1, 0.15) is 10.8 Å². The van der Waals surface area contributed by atoms with Gasteiger partial charge in [0, 0.05) is 11.1 Å². The number of carbonyl (C=O) groups excluding carboxylic acids is 1. The van der Waals surface area contributed by atoms with Crippen molar-refractivity contribution >= 4 is 33.8 Å². The number of phenols is 1. The molecule has 1 aromatic heterocycles. The van der Waals surface area contributed by atoms with Gasteiger partial charge >= 0.3 is 0 Å². The Bertz CT molecular complexity index is 1070. The van der Waals surface area contributed by atoms with Gasteiger partial charge in [-0.25, -0.2) is 13.4 Å². The Balaban J connectivity index is 1.75. The summed E-state index contributed by atoms with van der Waals surface area (Å²) >= 11 is 1.51. The lowest BCUT2D eigenvalue weighted by Gasteiger charge is -2.17. The second-order valence-corrected chi connectivity index (χ2v) is 8.39. The Kier molecular flexibility index (Phi) is 7.42. The van der Waals surface area contributed by atoms with Gasteiger partial charge in [-0.05, 0) is 48.2 Å². The summed E-state index contributed by atoms with van der Waals surface area (Å²) in [5.41, 5.74) is 3.13. The quantitative estimate of drug-likeness (QED) is 0.379. The number of phenolic OH excluding ortho intramolecular Hbond substituents is 1. The Morgan fingerprint density at radius 2 is 1.93 bits per heavy atom. The number of aromatic nitrogens is 1. The third-order valence-corrected chi connectivity index (χ3v) is 5.90. The van der Waals surface area contributed by atoms with Gasteiger partial charge in [-0.3, -0.25) is 9.52 Å². The number of aromatic hydroxyl groups is 1. The molecule has 0 saturated heterocycles. The molecule has 0 spiro atoms. The van der Waals surface area contributed by atoms with Crippen LogP contribution < -0.4 is 10.0 Å². The molecule has 3 N–H and O–H groups in total. The highest BCUT2D eigenvalue weighted by Crippen LogP contribution is 2.24. The Labute approximate surface area is 180 Å². The largest absolute Gasteiger partial charge is 0.508 e. The van der Waals surface area contributed by atoms with Crippen LogP contribution in [0.1, 0.15) is 34.8 Å². The minimum atomic E-state index is -2.71. The van der Waals surface area contributed by atoms with E-state index in [4.69, 9.17) is 0 Å². The van der Waals surface area contributed by atoms with E-state index < -0.39 is 10.9 Å². The number of amides is 1. The van der Waals surface area contributed by atoms with Crippen LogP contribution in [0.4, 0.5) is 5.69 Å². The first-order valence-electron chi connectivity index (χ1n) is 9.44. The topological polar surface area (TPSA) is 108 Å². The van der Waals surface area contributed by atoms with Crippen LogP contribution in [-0.2, 0) is 34.9 Å². The molecule has 0 unspecified atom stereocenters. The van der Waals surface area contributed by atoms with Crippen molar-refractivity contribution < 1.29 is 18.3 Å². The molecule has 0 radical (unpaired) electrons. The van der Waals surface area contributed by atoms with Crippen molar-refractivity contribution in [3.8, 4) is 5.75 Å². The lowest BCUT2D eigenvalue weighted by atomic mass is 10.0. The van der Waals surface area contributed by atoms with Crippen LogP contribution >= 0.6 is 11.3 Å². The smallest absolute Gasteiger partial charge is 0.224 e. The zero-order chi connectivity index (χ0) is 21.5. The molecule has 1 amide bonds. The average molecular weight is 446 g/mol. The molecule has 0 aliphatic rings. The zero-order valence-corrected chi connectivity index (χ0v) is 18.1. The SMILES string of the molecule is CCc1csc([C@H](Cc2ccc(N[SH](=O)=O)cc2)NC(=O)Cc2cccc(O)c2)n1. The van der Waals surface area contributed by atoms with Crippen molar-refractivity contribution in [3.05, 3.63) is 75.7 Å². The highest BCUT2D eigenvalue weighted by molar-refractivity contribution is 7.73. The number of nitrogens with one attached hydrogen (secondary N) is 2. The number of aryl methyl sites for hydroxylation is 1. The van der Waals surface area contributed by atoms with Gasteiger partial charge in [0.15, 0.2) is 0 Å². The van der Waals surface area contributed by atoms with Crippen LogP contribution in [0.15, 0.2) is 53.9 Å². The van der Waals surface area contributed by atoms with Crippen LogP contribution in [0, 0.1) is 0 Å². The maximum atomic E-state index is 12.7. The fourth-order valence-electron chi connectivity index (χ4n) is 3.00. The molecule has 158 valence electrons. The van der Waals surface area contributed by atoms with Gasteiger partial charge in [-0.1, -0.05) is 31.2 Å². The van der Waals surface area contributed by atoms with Gasteiger partial charge in [-0.2, -0.15) is 0 Å².